The van der Waals surface area contributed by atoms with Crippen molar-refractivity contribution in [3.05, 3.63) is 11.7 Å². The Hall–Kier alpha value is -0.550. The van der Waals surface area contributed by atoms with Gasteiger partial charge in [0.15, 0.2) is 5.82 Å². The maximum atomic E-state index is 6.04. The molecule has 19 heavy (non-hydrogen) atoms. The summed E-state index contributed by atoms with van der Waals surface area (Å²) < 4.78 is 5.53. The summed E-state index contributed by atoms with van der Waals surface area (Å²) in [6.07, 6.45) is 8.41. The van der Waals surface area contributed by atoms with E-state index in [4.69, 9.17) is 10.3 Å². The smallest absolute Gasteiger partial charge is 0.234 e. The number of aromatic nitrogens is 2. The van der Waals surface area contributed by atoms with E-state index in [0.717, 1.165) is 36.1 Å². The van der Waals surface area contributed by atoms with Crippen molar-refractivity contribution in [1.29, 1.82) is 0 Å². The second-order valence-corrected chi connectivity index (χ2v) is 6.57. The third-order valence-electron chi connectivity index (χ3n) is 3.95. The summed E-state index contributed by atoms with van der Waals surface area (Å²) in [7, 11) is 0. The van der Waals surface area contributed by atoms with Crippen LogP contribution in [0.3, 0.4) is 0 Å². The summed E-state index contributed by atoms with van der Waals surface area (Å²) >= 11 is 1.86. The standard InChI is InChI=1S/C14H25N3OS/c1-2-9-19-10-12-16-13(18-17-12)14(11-15)7-5-3-4-6-8-14/h2-11,15H2,1H3. The van der Waals surface area contributed by atoms with Gasteiger partial charge in [-0.3, -0.25) is 0 Å². The molecule has 0 amide bonds. The van der Waals surface area contributed by atoms with Gasteiger partial charge in [0, 0.05) is 6.54 Å². The van der Waals surface area contributed by atoms with Crippen molar-refractivity contribution in [1.82, 2.24) is 10.1 Å². The van der Waals surface area contributed by atoms with Crippen LogP contribution in [0.2, 0.25) is 0 Å². The number of thioether (sulfide) groups is 1. The first-order valence-electron chi connectivity index (χ1n) is 7.41. The summed E-state index contributed by atoms with van der Waals surface area (Å²) in [5, 5.41) is 4.12. The van der Waals surface area contributed by atoms with Crippen molar-refractivity contribution in [3.8, 4) is 0 Å². The number of nitrogens with zero attached hydrogens (tertiary/aromatic N) is 2. The predicted molar refractivity (Wildman–Crippen MR) is 79.2 cm³/mol. The lowest BCUT2D eigenvalue weighted by Gasteiger charge is -2.26. The van der Waals surface area contributed by atoms with Crippen LogP contribution in [0.4, 0.5) is 0 Å². The van der Waals surface area contributed by atoms with Crippen molar-refractivity contribution >= 4 is 11.8 Å². The van der Waals surface area contributed by atoms with Crippen molar-refractivity contribution in [2.24, 2.45) is 5.73 Å². The molecule has 0 bridgehead atoms. The fraction of sp³-hybridized carbons (Fsp3) is 0.857. The molecule has 1 aliphatic carbocycles. The van der Waals surface area contributed by atoms with Crippen LogP contribution < -0.4 is 5.73 Å². The molecule has 0 spiro atoms. The second kappa shape index (κ2) is 7.29. The number of rotatable bonds is 6. The lowest BCUT2D eigenvalue weighted by Crippen LogP contribution is -2.35. The van der Waals surface area contributed by atoms with Gasteiger partial charge in [0.1, 0.15) is 0 Å². The summed E-state index contributed by atoms with van der Waals surface area (Å²) in [5.74, 6) is 3.60. The lowest BCUT2D eigenvalue weighted by atomic mass is 9.80. The van der Waals surface area contributed by atoms with E-state index in [1.54, 1.807) is 0 Å². The summed E-state index contributed by atoms with van der Waals surface area (Å²) in [6, 6.07) is 0. The minimum atomic E-state index is -0.0584. The van der Waals surface area contributed by atoms with E-state index >= 15 is 0 Å². The summed E-state index contributed by atoms with van der Waals surface area (Å²) in [4.78, 5) is 4.61. The van der Waals surface area contributed by atoms with Crippen LogP contribution in [0, 0.1) is 0 Å². The molecule has 0 aliphatic heterocycles. The first-order valence-corrected chi connectivity index (χ1v) is 8.57. The third-order valence-corrected chi connectivity index (χ3v) is 5.11. The van der Waals surface area contributed by atoms with Gasteiger partial charge in [0.2, 0.25) is 5.89 Å². The van der Waals surface area contributed by atoms with Gasteiger partial charge in [-0.1, -0.05) is 37.8 Å². The van der Waals surface area contributed by atoms with Gasteiger partial charge < -0.3 is 10.3 Å². The van der Waals surface area contributed by atoms with E-state index in [-0.39, 0.29) is 5.41 Å². The maximum Gasteiger partial charge on any atom is 0.234 e. The molecule has 1 saturated carbocycles. The Morgan fingerprint density at radius 3 is 2.63 bits per heavy atom. The van der Waals surface area contributed by atoms with Gasteiger partial charge in [-0.2, -0.15) is 16.7 Å². The lowest BCUT2D eigenvalue weighted by molar-refractivity contribution is 0.256. The topological polar surface area (TPSA) is 64.9 Å². The Labute approximate surface area is 119 Å². The van der Waals surface area contributed by atoms with Gasteiger partial charge in [-0.05, 0) is 25.0 Å². The zero-order chi connectivity index (χ0) is 13.6. The summed E-state index contributed by atoms with van der Waals surface area (Å²) in [5.41, 5.74) is 5.98. The van der Waals surface area contributed by atoms with Gasteiger partial charge in [-0.15, -0.1) is 0 Å². The van der Waals surface area contributed by atoms with Crippen LogP contribution in [0.5, 0.6) is 0 Å². The number of hydrogen-bond donors (Lipinski definition) is 1. The van der Waals surface area contributed by atoms with Crippen molar-refractivity contribution in [2.45, 2.75) is 63.0 Å². The zero-order valence-electron chi connectivity index (χ0n) is 11.9. The Kier molecular flexibility index (Phi) is 5.70. The molecule has 0 unspecified atom stereocenters. The highest BCUT2D eigenvalue weighted by Crippen LogP contribution is 2.36. The molecule has 108 valence electrons. The average molecular weight is 283 g/mol. The van der Waals surface area contributed by atoms with E-state index in [2.05, 4.69) is 17.1 Å². The fourth-order valence-electron chi connectivity index (χ4n) is 2.75. The first-order chi connectivity index (χ1) is 9.30. The minimum Gasteiger partial charge on any atom is -0.339 e. The Morgan fingerprint density at radius 2 is 2.00 bits per heavy atom. The molecule has 2 N–H and O–H groups in total. The maximum absolute atomic E-state index is 6.04. The van der Waals surface area contributed by atoms with Crippen molar-refractivity contribution < 1.29 is 4.52 Å². The second-order valence-electron chi connectivity index (χ2n) is 5.47. The third kappa shape index (κ3) is 3.72. The van der Waals surface area contributed by atoms with Gasteiger partial charge in [0.05, 0.1) is 11.2 Å². The van der Waals surface area contributed by atoms with E-state index in [1.165, 1.54) is 32.1 Å². The molecule has 2 rings (SSSR count). The monoisotopic (exact) mass is 283 g/mol. The van der Waals surface area contributed by atoms with Gasteiger partial charge in [-0.25, -0.2) is 0 Å². The average Bonchev–Trinajstić information content (AvgIpc) is 2.77. The highest BCUT2D eigenvalue weighted by Gasteiger charge is 2.36. The normalized spacial score (nSPS) is 19.3. The Bertz CT molecular complexity index is 373. The molecule has 1 heterocycles. The molecule has 5 heteroatoms. The van der Waals surface area contributed by atoms with Gasteiger partial charge in [0.25, 0.3) is 0 Å². The first kappa shape index (κ1) is 14.9. The van der Waals surface area contributed by atoms with E-state index in [9.17, 15) is 0 Å². The quantitative estimate of drug-likeness (QED) is 0.641. The van der Waals surface area contributed by atoms with Crippen LogP contribution in [0.1, 0.15) is 63.6 Å². The van der Waals surface area contributed by atoms with E-state index < -0.39 is 0 Å². The van der Waals surface area contributed by atoms with E-state index in [1.807, 2.05) is 11.8 Å². The Balaban J connectivity index is 2.05. The van der Waals surface area contributed by atoms with Crippen LogP contribution in [-0.2, 0) is 11.2 Å². The molecule has 1 aromatic heterocycles. The number of nitrogens with two attached hydrogens (primary N) is 1. The van der Waals surface area contributed by atoms with Crippen LogP contribution in [-0.4, -0.2) is 22.4 Å². The molecule has 4 nitrogen and oxygen atoms in total. The molecule has 0 atom stereocenters. The summed E-state index contributed by atoms with van der Waals surface area (Å²) in [6.45, 7) is 2.81. The van der Waals surface area contributed by atoms with Crippen molar-refractivity contribution in [2.75, 3.05) is 12.3 Å². The zero-order valence-corrected chi connectivity index (χ0v) is 12.7. The Morgan fingerprint density at radius 1 is 1.26 bits per heavy atom. The number of hydrogen-bond acceptors (Lipinski definition) is 5. The molecule has 1 aromatic rings. The largest absolute Gasteiger partial charge is 0.339 e. The van der Waals surface area contributed by atoms with Crippen LogP contribution in [0.15, 0.2) is 4.52 Å². The molecular weight excluding hydrogens is 258 g/mol. The fourth-order valence-corrected chi connectivity index (χ4v) is 3.48. The SMILES string of the molecule is CCCSCc1noc(C2(CN)CCCCCC2)n1. The molecule has 0 aromatic carbocycles. The molecule has 1 fully saturated rings. The molecule has 1 aliphatic rings. The van der Waals surface area contributed by atoms with Crippen LogP contribution in [0.25, 0.3) is 0 Å². The highest BCUT2D eigenvalue weighted by atomic mass is 32.2. The predicted octanol–water partition coefficient (Wildman–Crippen LogP) is 3.26. The molecule has 0 radical (unpaired) electrons. The van der Waals surface area contributed by atoms with Gasteiger partial charge >= 0.3 is 0 Å². The van der Waals surface area contributed by atoms with Crippen molar-refractivity contribution in [3.63, 3.8) is 0 Å². The molecule has 0 saturated heterocycles. The highest BCUT2D eigenvalue weighted by molar-refractivity contribution is 7.98. The molecular formula is C14H25N3OS. The van der Waals surface area contributed by atoms with Crippen LogP contribution >= 0.6 is 11.8 Å². The van der Waals surface area contributed by atoms with E-state index in [0.29, 0.717) is 6.54 Å². The minimum absolute atomic E-state index is 0.0584.